The third-order valence-corrected chi connectivity index (χ3v) is 2.63. The summed E-state index contributed by atoms with van der Waals surface area (Å²) in [6.45, 7) is 0.291. The smallest absolute Gasteiger partial charge is 0.163 e. The summed E-state index contributed by atoms with van der Waals surface area (Å²) in [4.78, 5) is 0. The monoisotopic (exact) mass is 240 g/mol. The number of hydrogen-bond donors (Lipinski definition) is 1. The second-order valence-electron chi connectivity index (χ2n) is 3.33. The van der Waals surface area contributed by atoms with Crippen molar-refractivity contribution in [1.82, 2.24) is 14.8 Å². The molecule has 2 N–H and O–H groups in total. The molecule has 6 heteroatoms. The van der Waals surface area contributed by atoms with Gasteiger partial charge in [0.1, 0.15) is 11.6 Å². The predicted molar refractivity (Wildman–Crippen MR) is 59.3 cm³/mol. The van der Waals surface area contributed by atoms with Crippen molar-refractivity contribution < 1.29 is 4.39 Å². The van der Waals surface area contributed by atoms with Crippen LogP contribution in [0.2, 0.25) is 5.02 Å². The first kappa shape index (κ1) is 11.0. The van der Waals surface area contributed by atoms with Crippen molar-refractivity contribution in [1.29, 1.82) is 0 Å². The SMILES string of the molecule is Cn1c(CN)nnc1-c1ccc(Cl)c(F)c1. The first-order valence-corrected chi connectivity index (χ1v) is 5.05. The largest absolute Gasteiger partial charge is 0.324 e. The summed E-state index contributed by atoms with van der Waals surface area (Å²) < 4.78 is 15.0. The topological polar surface area (TPSA) is 56.7 Å². The van der Waals surface area contributed by atoms with E-state index in [2.05, 4.69) is 10.2 Å². The Morgan fingerprint density at radius 3 is 2.75 bits per heavy atom. The van der Waals surface area contributed by atoms with Crippen molar-refractivity contribution in [2.75, 3.05) is 0 Å². The van der Waals surface area contributed by atoms with E-state index in [4.69, 9.17) is 17.3 Å². The molecule has 1 aromatic heterocycles. The molecule has 84 valence electrons. The normalized spacial score (nSPS) is 10.8. The summed E-state index contributed by atoms with van der Waals surface area (Å²) in [6.07, 6.45) is 0. The maximum absolute atomic E-state index is 13.3. The standard InChI is InChI=1S/C10H10ClFN4/c1-16-9(5-13)14-15-10(16)6-2-3-7(11)8(12)4-6/h2-4H,5,13H2,1H3. The zero-order chi connectivity index (χ0) is 11.7. The van der Waals surface area contributed by atoms with E-state index in [9.17, 15) is 4.39 Å². The Bertz CT molecular complexity index is 524. The molecular weight excluding hydrogens is 231 g/mol. The summed E-state index contributed by atoms with van der Waals surface area (Å²) in [5, 5.41) is 7.93. The molecule has 0 aliphatic carbocycles. The quantitative estimate of drug-likeness (QED) is 0.870. The summed E-state index contributed by atoms with van der Waals surface area (Å²) >= 11 is 5.60. The van der Waals surface area contributed by atoms with Crippen molar-refractivity contribution in [2.24, 2.45) is 12.8 Å². The van der Waals surface area contributed by atoms with Crippen LogP contribution in [0, 0.1) is 5.82 Å². The highest BCUT2D eigenvalue weighted by atomic mass is 35.5. The fourth-order valence-electron chi connectivity index (χ4n) is 1.43. The van der Waals surface area contributed by atoms with Gasteiger partial charge in [0.25, 0.3) is 0 Å². The van der Waals surface area contributed by atoms with Crippen LogP contribution < -0.4 is 5.73 Å². The van der Waals surface area contributed by atoms with Crippen LogP contribution >= 0.6 is 11.6 Å². The first-order chi connectivity index (χ1) is 7.63. The summed E-state index contributed by atoms with van der Waals surface area (Å²) in [5.74, 6) is 0.734. The van der Waals surface area contributed by atoms with Crippen LogP contribution in [0.5, 0.6) is 0 Å². The Kier molecular flexibility index (Phi) is 2.89. The number of benzene rings is 1. The molecule has 0 saturated carbocycles. The van der Waals surface area contributed by atoms with Crippen molar-refractivity contribution >= 4 is 11.6 Å². The maximum atomic E-state index is 13.3. The van der Waals surface area contributed by atoms with Crippen molar-refractivity contribution in [3.05, 3.63) is 34.9 Å². The molecule has 0 aliphatic rings. The maximum Gasteiger partial charge on any atom is 0.163 e. The molecule has 2 rings (SSSR count). The van der Waals surface area contributed by atoms with Gasteiger partial charge in [0, 0.05) is 12.6 Å². The highest BCUT2D eigenvalue weighted by molar-refractivity contribution is 6.30. The number of nitrogens with two attached hydrogens (primary N) is 1. The fraction of sp³-hybridized carbons (Fsp3) is 0.200. The molecular formula is C10H10ClFN4. The molecule has 0 radical (unpaired) electrons. The molecule has 0 amide bonds. The van der Waals surface area contributed by atoms with E-state index in [1.54, 1.807) is 17.7 Å². The Balaban J connectivity index is 2.50. The number of halogens is 2. The lowest BCUT2D eigenvalue weighted by Gasteiger charge is -2.03. The minimum absolute atomic E-state index is 0.0879. The summed E-state index contributed by atoms with van der Waals surface area (Å²) in [6, 6.07) is 4.51. The molecule has 0 bridgehead atoms. The van der Waals surface area contributed by atoms with E-state index >= 15 is 0 Å². The van der Waals surface area contributed by atoms with Crippen molar-refractivity contribution in [3.8, 4) is 11.4 Å². The molecule has 1 aromatic carbocycles. The molecule has 0 spiro atoms. The Morgan fingerprint density at radius 2 is 2.19 bits per heavy atom. The van der Waals surface area contributed by atoms with Crippen LogP contribution in [0.15, 0.2) is 18.2 Å². The molecule has 0 saturated heterocycles. The summed E-state index contributed by atoms with van der Waals surface area (Å²) in [7, 11) is 1.78. The molecule has 1 heterocycles. The van der Waals surface area contributed by atoms with Gasteiger partial charge in [-0.2, -0.15) is 0 Å². The zero-order valence-electron chi connectivity index (χ0n) is 8.61. The number of aromatic nitrogens is 3. The van der Waals surface area contributed by atoms with Gasteiger partial charge in [-0.3, -0.25) is 0 Å². The van der Waals surface area contributed by atoms with Crippen LogP contribution in [-0.2, 0) is 13.6 Å². The lowest BCUT2D eigenvalue weighted by Crippen LogP contribution is -2.05. The lowest BCUT2D eigenvalue weighted by atomic mass is 10.2. The second-order valence-corrected chi connectivity index (χ2v) is 3.74. The molecule has 0 aliphatic heterocycles. The van der Waals surface area contributed by atoms with Crippen LogP contribution in [0.4, 0.5) is 4.39 Å². The van der Waals surface area contributed by atoms with Crippen molar-refractivity contribution in [3.63, 3.8) is 0 Å². The molecule has 2 aromatic rings. The zero-order valence-corrected chi connectivity index (χ0v) is 9.37. The lowest BCUT2D eigenvalue weighted by molar-refractivity contribution is 0.628. The third kappa shape index (κ3) is 1.79. The number of nitrogens with zero attached hydrogens (tertiary/aromatic N) is 3. The second kappa shape index (κ2) is 4.19. The van der Waals surface area contributed by atoms with Gasteiger partial charge >= 0.3 is 0 Å². The first-order valence-electron chi connectivity index (χ1n) is 4.67. The number of hydrogen-bond acceptors (Lipinski definition) is 3. The minimum Gasteiger partial charge on any atom is -0.324 e. The van der Waals surface area contributed by atoms with Crippen LogP contribution in [0.1, 0.15) is 5.82 Å². The van der Waals surface area contributed by atoms with Gasteiger partial charge < -0.3 is 10.3 Å². The van der Waals surface area contributed by atoms with E-state index in [0.717, 1.165) is 0 Å². The molecule has 0 atom stereocenters. The van der Waals surface area contributed by atoms with Crippen LogP contribution in [-0.4, -0.2) is 14.8 Å². The van der Waals surface area contributed by atoms with E-state index in [1.807, 2.05) is 0 Å². The molecule has 0 unspecified atom stereocenters. The average Bonchev–Trinajstić information content (AvgIpc) is 2.64. The summed E-state index contributed by atoms with van der Waals surface area (Å²) in [5.41, 5.74) is 6.10. The van der Waals surface area contributed by atoms with E-state index < -0.39 is 5.82 Å². The van der Waals surface area contributed by atoms with Gasteiger partial charge in [-0.15, -0.1) is 10.2 Å². The van der Waals surface area contributed by atoms with E-state index in [1.165, 1.54) is 12.1 Å². The van der Waals surface area contributed by atoms with Gasteiger partial charge in [-0.05, 0) is 18.2 Å². The molecule has 4 nitrogen and oxygen atoms in total. The van der Waals surface area contributed by atoms with Gasteiger partial charge in [-0.1, -0.05) is 11.6 Å². The van der Waals surface area contributed by atoms with Gasteiger partial charge in [-0.25, -0.2) is 4.39 Å². The molecule has 16 heavy (non-hydrogen) atoms. The van der Waals surface area contributed by atoms with Gasteiger partial charge in [0.2, 0.25) is 0 Å². The predicted octanol–water partition coefficient (Wildman–Crippen LogP) is 1.73. The number of rotatable bonds is 2. The van der Waals surface area contributed by atoms with Crippen LogP contribution in [0.25, 0.3) is 11.4 Å². The Hall–Kier alpha value is -1.46. The highest BCUT2D eigenvalue weighted by Gasteiger charge is 2.11. The fourth-order valence-corrected chi connectivity index (χ4v) is 1.54. The van der Waals surface area contributed by atoms with Crippen LogP contribution in [0.3, 0.4) is 0 Å². The Morgan fingerprint density at radius 1 is 1.44 bits per heavy atom. The minimum atomic E-state index is -0.475. The van der Waals surface area contributed by atoms with E-state index in [-0.39, 0.29) is 5.02 Å². The average molecular weight is 241 g/mol. The van der Waals surface area contributed by atoms with Gasteiger partial charge in [0.15, 0.2) is 5.82 Å². The van der Waals surface area contributed by atoms with Gasteiger partial charge in [0.05, 0.1) is 11.6 Å². The van der Waals surface area contributed by atoms with Crippen molar-refractivity contribution in [2.45, 2.75) is 6.54 Å². The third-order valence-electron chi connectivity index (χ3n) is 2.33. The van der Waals surface area contributed by atoms with E-state index in [0.29, 0.717) is 23.8 Å². The molecule has 0 fully saturated rings. The Labute approximate surface area is 96.9 Å². The highest BCUT2D eigenvalue weighted by Crippen LogP contribution is 2.22.